The molecule has 1 aliphatic rings. The number of rotatable bonds is 4. The molecule has 0 amide bonds. The van der Waals surface area contributed by atoms with Gasteiger partial charge in [0.2, 0.25) is 0 Å². The van der Waals surface area contributed by atoms with Gasteiger partial charge in [-0.3, -0.25) is 4.90 Å². The normalized spacial score (nSPS) is 21.3. The standard InChI is InChI=1S/C17H23N3S/c1-13-12-21-17(19-13)14(2)20-9-8-18-16(11-20)10-15-6-4-3-5-7-15/h3-7,12,14,16,18H,8-11H2,1-2H3. The summed E-state index contributed by atoms with van der Waals surface area (Å²) in [6.45, 7) is 7.61. The molecule has 1 aliphatic heterocycles. The first kappa shape index (κ1) is 14.7. The summed E-state index contributed by atoms with van der Waals surface area (Å²) in [5, 5.41) is 7.04. The molecule has 2 heterocycles. The summed E-state index contributed by atoms with van der Waals surface area (Å²) in [6.07, 6.45) is 1.10. The fourth-order valence-corrected chi connectivity index (χ4v) is 3.85. The predicted octanol–water partition coefficient (Wildman–Crippen LogP) is 3.03. The molecule has 1 fully saturated rings. The number of benzene rings is 1. The van der Waals surface area contributed by atoms with Crippen LogP contribution in [-0.2, 0) is 6.42 Å². The molecule has 3 nitrogen and oxygen atoms in total. The number of aromatic nitrogens is 1. The predicted molar refractivity (Wildman–Crippen MR) is 88.8 cm³/mol. The van der Waals surface area contributed by atoms with Gasteiger partial charge in [-0.2, -0.15) is 0 Å². The SMILES string of the molecule is Cc1csc(C(C)N2CCNC(Cc3ccccc3)C2)n1. The van der Waals surface area contributed by atoms with Gasteiger partial charge in [0.1, 0.15) is 5.01 Å². The first-order chi connectivity index (χ1) is 10.2. The van der Waals surface area contributed by atoms with E-state index in [0.717, 1.165) is 31.7 Å². The highest BCUT2D eigenvalue weighted by molar-refractivity contribution is 7.09. The number of aryl methyl sites for hydroxylation is 1. The largest absolute Gasteiger partial charge is 0.311 e. The molecule has 21 heavy (non-hydrogen) atoms. The second kappa shape index (κ2) is 6.69. The van der Waals surface area contributed by atoms with E-state index in [9.17, 15) is 0 Å². The molecule has 0 aliphatic carbocycles. The lowest BCUT2D eigenvalue weighted by atomic mass is 10.0. The van der Waals surface area contributed by atoms with E-state index in [2.05, 4.69) is 64.8 Å². The molecule has 1 aromatic carbocycles. The zero-order chi connectivity index (χ0) is 14.7. The molecule has 0 radical (unpaired) electrons. The Morgan fingerprint density at radius 1 is 1.38 bits per heavy atom. The van der Waals surface area contributed by atoms with Gasteiger partial charge >= 0.3 is 0 Å². The van der Waals surface area contributed by atoms with Crippen molar-refractivity contribution < 1.29 is 0 Å². The van der Waals surface area contributed by atoms with E-state index < -0.39 is 0 Å². The average Bonchev–Trinajstić information content (AvgIpc) is 2.94. The Labute approximate surface area is 131 Å². The van der Waals surface area contributed by atoms with Crippen LogP contribution in [-0.4, -0.2) is 35.6 Å². The van der Waals surface area contributed by atoms with Gasteiger partial charge in [0, 0.05) is 36.8 Å². The number of thiazole rings is 1. The maximum absolute atomic E-state index is 4.65. The van der Waals surface area contributed by atoms with Gasteiger partial charge < -0.3 is 5.32 Å². The maximum atomic E-state index is 4.65. The number of hydrogen-bond acceptors (Lipinski definition) is 4. The average molecular weight is 301 g/mol. The van der Waals surface area contributed by atoms with E-state index in [1.165, 1.54) is 10.6 Å². The smallest absolute Gasteiger partial charge is 0.110 e. The molecule has 2 aromatic rings. The van der Waals surface area contributed by atoms with Crippen LogP contribution in [0.15, 0.2) is 35.7 Å². The summed E-state index contributed by atoms with van der Waals surface area (Å²) < 4.78 is 0. The molecular weight excluding hydrogens is 278 g/mol. The van der Waals surface area contributed by atoms with Crippen molar-refractivity contribution in [3.63, 3.8) is 0 Å². The molecule has 2 atom stereocenters. The molecule has 2 unspecified atom stereocenters. The summed E-state index contributed by atoms with van der Waals surface area (Å²) >= 11 is 1.78. The topological polar surface area (TPSA) is 28.2 Å². The Morgan fingerprint density at radius 2 is 2.19 bits per heavy atom. The Bertz CT molecular complexity index is 566. The van der Waals surface area contributed by atoms with E-state index in [4.69, 9.17) is 0 Å². The van der Waals surface area contributed by atoms with Gasteiger partial charge in [0.05, 0.1) is 6.04 Å². The van der Waals surface area contributed by atoms with Crippen LogP contribution < -0.4 is 5.32 Å². The van der Waals surface area contributed by atoms with Crippen molar-refractivity contribution in [1.29, 1.82) is 0 Å². The van der Waals surface area contributed by atoms with Crippen molar-refractivity contribution in [2.75, 3.05) is 19.6 Å². The summed E-state index contributed by atoms with van der Waals surface area (Å²) in [5.41, 5.74) is 2.55. The zero-order valence-corrected chi connectivity index (χ0v) is 13.6. The molecule has 3 rings (SSSR count). The Morgan fingerprint density at radius 3 is 2.90 bits per heavy atom. The second-order valence-corrected chi connectivity index (χ2v) is 6.73. The van der Waals surface area contributed by atoms with E-state index in [0.29, 0.717) is 12.1 Å². The van der Waals surface area contributed by atoms with E-state index >= 15 is 0 Å². The quantitative estimate of drug-likeness (QED) is 0.941. The fraction of sp³-hybridized carbons (Fsp3) is 0.471. The Kier molecular flexibility index (Phi) is 4.68. The van der Waals surface area contributed by atoms with Crippen LogP contribution in [0.2, 0.25) is 0 Å². The van der Waals surface area contributed by atoms with Crippen molar-refractivity contribution >= 4 is 11.3 Å². The van der Waals surface area contributed by atoms with E-state index in [1.807, 2.05) is 0 Å². The van der Waals surface area contributed by atoms with Crippen LogP contribution in [0.1, 0.15) is 29.2 Å². The lowest BCUT2D eigenvalue weighted by molar-refractivity contribution is 0.152. The Balaban J connectivity index is 1.63. The highest BCUT2D eigenvalue weighted by Gasteiger charge is 2.25. The molecule has 0 saturated carbocycles. The molecule has 1 N–H and O–H groups in total. The van der Waals surface area contributed by atoms with Crippen LogP contribution in [0.3, 0.4) is 0 Å². The Hall–Kier alpha value is -1.23. The monoisotopic (exact) mass is 301 g/mol. The highest BCUT2D eigenvalue weighted by atomic mass is 32.1. The van der Waals surface area contributed by atoms with Gasteiger partial charge in [-0.1, -0.05) is 30.3 Å². The van der Waals surface area contributed by atoms with Crippen LogP contribution >= 0.6 is 11.3 Å². The minimum absolute atomic E-state index is 0.420. The third kappa shape index (κ3) is 3.70. The van der Waals surface area contributed by atoms with Crippen LogP contribution in [0.25, 0.3) is 0 Å². The van der Waals surface area contributed by atoms with Crippen LogP contribution in [0.4, 0.5) is 0 Å². The van der Waals surface area contributed by atoms with Crippen molar-refractivity contribution in [2.24, 2.45) is 0 Å². The number of nitrogens with one attached hydrogen (secondary N) is 1. The highest BCUT2D eigenvalue weighted by Crippen LogP contribution is 2.24. The summed E-state index contributed by atoms with van der Waals surface area (Å²) in [5.74, 6) is 0. The summed E-state index contributed by atoms with van der Waals surface area (Å²) in [7, 11) is 0. The molecule has 1 saturated heterocycles. The minimum atomic E-state index is 0.420. The third-order valence-corrected chi connectivity index (χ3v) is 5.29. The van der Waals surface area contributed by atoms with Crippen molar-refractivity contribution in [3.05, 3.63) is 52.0 Å². The molecule has 0 bridgehead atoms. The number of piperazine rings is 1. The van der Waals surface area contributed by atoms with E-state index in [-0.39, 0.29) is 0 Å². The van der Waals surface area contributed by atoms with Crippen molar-refractivity contribution in [1.82, 2.24) is 15.2 Å². The summed E-state index contributed by atoms with van der Waals surface area (Å²) in [6, 6.07) is 11.7. The molecule has 112 valence electrons. The van der Waals surface area contributed by atoms with Crippen LogP contribution in [0, 0.1) is 6.92 Å². The van der Waals surface area contributed by atoms with Crippen molar-refractivity contribution in [2.45, 2.75) is 32.4 Å². The maximum Gasteiger partial charge on any atom is 0.110 e. The third-order valence-electron chi connectivity index (χ3n) is 4.15. The molecule has 4 heteroatoms. The zero-order valence-electron chi connectivity index (χ0n) is 12.7. The fourth-order valence-electron chi connectivity index (χ4n) is 2.96. The van der Waals surface area contributed by atoms with E-state index in [1.54, 1.807) is 11.3 Å². The minimum Gasteiger partial charge on any atom is -0.311 e. The number of hydrogen-bond donors (Lipinski definition) is 1. The van der Waals surface area contributed by atoms with Crippen LogP contribution in [0.5, 0.6) is 0 Å². The second-order valence-electron chi connectivity index (χ2n) is 5.84. The molecular formula is C17H23N3S. The van der Waals surface area contributed by atoms with Gasteiger partial charge in [0.25, 0.3) is 0 Å². The lowest BCUT2D eigenvalue weighted by Crippen LogP contribution is -2.52. The van der Waals surface area contributed by atoms with Gasteiger partial charge in [-0.25, -0.2) is 4.98 Å². The molecule has 1 aromatic heterocycles. The van der Waals surface area contributed by atoms with Gasteiger partial charge in [-0.05, 0) is 25.8 Å². The van der Waals surface area contributed by atoms with Gasteiger partial charge in [-0.15, -0.1) is 11.3 Å². The van der Waals surface area contributed by atoms with Gasteiger partial charge in [0.15, 0.2) is 0 Å². The molecule has 0 spiro atoms. The number of nitrogens with zero attached hydrogens (tertiary/aromatic N) is 2. The van der Waals surface area contributed by atoms with Crippen molar-refractivity contribution in [3.8, 4) is 0 Å². The first-order valence-electron chi connectivity index (χ1n) is 7.66. The lowest BCUT2D eigenvalue weighted by Gasteiger charge is -2.37. The first-order valence-corrected chi connectivity index (χ1v) is 8.54. The summed E-state index contributed by atoms with van der Waals surface area (Å²) in [4.78, 5) is 7.21.